The van der Waals surface area contributed by atoms with Crippen LogP contribution in [0.1, 0.15) is 19.4 Å². The lowest BCUT2D eigenvalue weighted by atomic mass is 10.1. The molecule has 1 fully saturated rings. The van der Waals surface area contributed by atoms with Gasteiger partial charge < -0.3 is 19.5 Å². The number of benzene rings is 1. The normalized spacial score (nSPS) is 16.9. The van der Waals surface area contributed by atoms with E-state index in [0.717, 1.165) is 0 Å². The van der Waals surface area contributed by atoms with Crippen molar-refractivity contribution in [1.29, 1.82) is 0 Å². The van der Waals surface area contributed by atoms with E-state index in [1.54, 1.807) is 0 Å². The van der Waals surface area contributed by atoms with Gasteiger partial charge in [-0.2, -0.15) is 26.3 Å². The van der Waals surface area contributed by atoms with Crippen LogP contribution in [0.4, 0.5) is 32.0 Å². The molecule has 1 aliphatic heterocycles. The Morgan fingerprint density at radius 2 is 1.64 bits per heavy atom. The summed E-state index contributed by atoms with van der Waals surface area (Å²) >= 11 is 0. The Kier molecular flexibility index (Phi) is 5.53. The fraction of sp³-hybridized carbons (Fsp3) is 0.375. The highest BCUT2D eigenvalue weighted by Gasteiger charge is 2.39. The second-order valence-corrected chi connectivity index (χ2v) is 5.99. The SMILES string of the molecule is CC1(C)OC(=O)C(=CNc2cc(C(F)(F)F)ccc2OCC(F)(F)F)C(=O)O1. The molecule has 0 aromatic heterocycles. The van der Waals surface area contributed by atoms with Gasteiger partial charge in [0.15, 0.2) is 12.2 Å². The number of rotatable bonds is 4. The van der Waals surface area contributed by atoms with E-state index in [4.69, 9.17) is 9.47 Å². The molecular formula is C16H13F6NO5. The Bertz CT molecular complexity index is 791. The van der Waals surface area contributed by atoms with E-state index in [1.165, 1.54) is 13.8 Å². The fourth-order valence-corrected chi connectivity index (χ4v) is 2.03. The van der Waals surface area contributed by atoms with Crippen LogP contribution in [-0.2, 0) is 25.2 Å². The molecule has 0 radical (unpaired) electrons. The van der Waals surface area contributed by atoms with Gasteiger partial charge in [0.2, 0.25) is 0 Å². The van der Waals surface area contributed by atoms with Crippen LogP contribution in [0.5, 0.6) is 5.75 Å². The van der Waals surface area contributed by atoms with Gasteiger partial charge in [0.25, 0.3) is 5.79 Å². The summed E-state index contributed by atoms with van der Waals surface area (Å²) in [4.78, 5) is 23.6. The molecule has 0 amide bonds. The van der Waals surface area contributed by atoms with E-state index in [-0.39, 0.29) is 0 Å². The summed E-state index contributed by atoms with van der Waals surface area (Å²) < 4.78 is 89.7. The second kappa shape index (κ2) is 7.24. The minimum absolute atomic E-state index is 0.464. The van der Waals surface area contributed by atoms with Crippen LogP contribution < -0.4 is 10.1 Å². The molecule has 0 saturated carbocycles. The van der Waals surface area contributed by atoms with Gasteiger partial charge in [0.1, 0.15) is 5.75 Å². The maximum atomic E-state index is 12.9. The van der Waals surface area contributed by atoms with Crippen LogP contribution >= 0.6 is 0 Å². The Balaban J connectivity index is 2.33. The third-order valence-corrected chi connectivity index (χ3v) is 3.19. The molecule has 1 heterocycles. The quantitative estimate of drug-likeness (QED) is 0.351. The van der Waals surface area contributed by atoms with Crippen molar-refractivity contribution in [3.63, 3.8) is 0 Å². The molecule has 2 rings (SSSR count). The molecule has 1 saturated heterocycles. The van der Waals surface area contributed by atoms with Crippen molar-refractivity contribution >= 4 is 17.6 Å². The first-order valence-corrected chi connectivity index (χ1v) is 7.52. The third-order valence-electron chi connectivity index (χ3n) is 3.19. The minimum Gasteiger partial charge on any atom is -0.482 e. The monoisotopic (exact) mass is 413 g/mol. The number of esters is 2. The van der Waals surface area contributed by atoms with Crippen molar-refractivity contribution < 1.29 is 50.1 Å². The van der Waals surface area contributed by atoms with Gasteiger partial charge in [0.05, 0.1) is 11.3 Å². The highest BCUT2D eigenvalue weighted by atomic mass is 19.4. The number of hydrogen-bond acceptors (Lipinski definition) is 6. The predicted molar refractivity (Wildman–Crippen MR) is 81.0 cm³/mol. The zero-order valence-electron chi connectivity index (χ0n) is 14.3. The molecule has 6 nitrogen and oxygen atoms in total. The lowest BCUT2D eigenvalue weighted by Gasteiger charge is -2.29. The van der Waals surface area contributed by atoms with E-state index < -0.39 is 59.3 Å². The smallest absolute Gasteiger partial charge is 0.422 e. The number of carbonyl (C=O) groups excluding carboxylic acids is 2. The number of nitrogens with one attached hydrogen (secondary N) is 1. The number of halogens is 6. The van der Waals surface area contributed by atoms with Crippen LogP contribution in [-0.4, -0.2) is 30.5 Å². The summed E-state index contributed by atoms with van der Waals surface area (Å²) in [5.74, 6) is -4.38. The maximum absolute atomic E-state index is 12.9. The van der Waals surface area contributed by atoms with Crippen LogP contribution in [0.15, 0.2) is 30.0 Å². The van der Waals surface area contributed by atoms with Crippen LogP contribution in [0.3, 0.4) is 0 Å². The Morgan fingerprint density at radius 3 is 2.14 bits per heavy atom. The molecule has 1 aromatic rings. The van der Waals surface area contributed by atoms with E-state index in [1.807, 2.05) is 0 Å². The Hall–Kier alpha value is -2.92. The molecule has 12 heteroatoms. The van der Waals surface area contributed by atoms with E-state index in [9.17, 15) is 35.9 Å². The van der Waals surface area contributed by atoms with Crippen molar-refractivity contribution in [3.05, 3.63) is 35.5 Å². The van der Waals surface area contributed by atoms with Crippen molar-refractivity contribution in [2.45, 2.75) is 32.0 Å². The number of anilines is 1. The molecule has 0 aliphatic carbocycles. The molecular weight excluding hydrogens is 400 g/mol. The summed E-state index contributed by atoms with van der Waals surface area (Å²) in [6, 6.07) is 1.66. The lowest BCUT2D eigenvalue weighted by Crippen LogP contribution is -2.42. The number of ether oxygens (including phenoxy) is 3. The van der Waals surface area contributed by atoms with Crippen LogP contribution in [0.25, 0.3) is 0 Å². The van der Waals surface area contributed by atoms with Gasteiger partial charge in [-0.05, 0) is 18.2 Å². The third kappa shape index (κ3) is 5.54. The highest BCUT2D eigenvalue weighted by molar-refractivity contribution is 6.15. The average Bonchev–Trinajstić information content (AvgIpc) is 2.49. The van der Waals surface area contributed by atoms with E-state index in [2.05, 4.69) is 10.1 Å². The molecule has 1 aliphatic rings. The minimum atomic E-state index is -4.79. The summed E-state index contributed by atoms with van der Waals surface area (Å²) in [6.07, 6.45) is -8.87. The molecule has 0 bridgehead atoms. The number of alkyl halides is 6. The molecule has 0 atom stereocenters. The highest BCUT2D eigenvalue weighted by Crippen LogP contribution is 2.36. The number of carbonyl (C=O) groups is 2. The zero-order valence-corrected chi connectivity index (χ0v) is 14.3. The predicted octanol–water partition coefficient (Wildman–Crippen LogP) is 3.78. The van der Waals surface area contributed by atoms with Crippen molar-refractivity contribution in [3.8, 4) is 5.75 Å². The first kappa shape index (κ1) is 21.4. The van der Waals surface area contributed by atoms with Crippen LogP contribution in [0.2, 0.25) is 0 Å². The van der Waals surface area contributed by atoms with Crippen molar-refractivity contribution in [2.75, 3.05) is 11.9 Å². The van der Waals surface area contributed by atoms with Crippen molar-refractivity contribution in [2.24, 2.45) is 0 Å². The zero-order chi connectivity index (χ0) is 21.3. The van der Waals surface area contributed by atoms with Crippen LogP contribution in [0, 0.1) is 0 Å². The molecule has 0 unspecified atom stereocenters. The molecule has 1 aromatic carbocycles. The fourth-order valence-electron chi connectivity index (χ4n) is 2.03. The summed E-state index contributed by atoms with van der Waals surface area (Å²) in [5.41, 5.74) is -2.45. The van der Waals surface area contributed by atoms with Gasteiger partial charge in [-0.25, -0.2) is 9.59 Å². The maximum Gasteiger partial charge on any atom is 0.422 e. The van der Waals surface area contributed by atoms with Gasteiger partial charge in [-0.1, -0.05) is 0 Å². The number of cyclic esters (lactones) is 2. The lowest BCUT2D eigenvalue weighted by molar-refractivity contribution is -0.222. The largest absolute Gasteiger partial charge is 0.482 e. The van der Waals surface area contributed by atoms with E-state index in [0.29, 0.717) is 24.4 Å². The molecule has 154 valence electrons. The standard InChI is InChI=1S/C16H13F6NO5/c1-14(2)27-12(24)9(13(25)28-14)6-23-10-5-8(16(20,21)22)3-4-11(10)26-7-15(17,18)19/h3-6,23H,7H2,1-2H3. The Morgan fingerprint density at radius 1 is 1.07 bits per heavy atom. The van der Waals surface area contributed by atoms with Gasteiger partial charge >= 0.3 is 24.3 Å². The van der Waals surface area contributed by atoms with E-state index >= 15 is 0 Å². The first-order valence-electron chi connectivity index (χ1n) is 7.52. The average molecular weight is 413 g/mol. The van der Waals surface area contributed by atoms with Gasteiger partial charge in [0, 0.05) is 20.0 Å². The summed E-state index contributed by atoms with van der Waals surface area (Å²) in [7, 11) is 0. The second-order valence-electron chi connectivity index (χ2n) is 5.99. The first-order chi connectivity index (χ1) is 12.7. The molecule has 0 spiro atoms. The van der Waals surface area contributed by atoms with Gasteiger partial charge in [-0.15, -0.1) is 0 Å². The molecule has 1 N–H and O–H groups in total. The molecule has 28 heavy (non-hydrogen) atoms. The van der Waals surface area contributed by atoms with Crippen molar-refractivity contribution in [1.82, 2.24) is 0 Å². The summed E-state index contributed by atoms with van der Waals surface area (Å²) in [6.45, 7) is 0.799. The Labute approximate surface area is 154 Å². The topological polar surface area (TPSA) is 73.9 Å². The van der Waals surface area contributed by atoms with Gasteiger partial charge in [-0.3, -0.25) is 0 Å². The summed E-state index contributed by atoms with van der Waals surface area (Å²) in [5, 5.41) is 2.16. The number of hydrogen-bond donors (Lipinski definition) is 1.